The summed E-state index contributed by atoms with van der Waals surface area (Å²) in [5, 5.41) is 12.6. The highest BCUT2D eigenvalue weighted by atomic mass is 32.2. The van der Waals surface area contributed by atoms with Crippen molar-refractivity contribution in [2.75, 3.05) is 7.11 Å². The molecule has 0 radical (unpaired) electrons. The molecule has 28 heavy (non-hydrogen) atoms. The fourth-order valence-electron chi connectivity index (χ4n) is 2.79. The van der Waals surface area contributed by atoms with E-state index in [4.69, 9.17) is 9.72 Å². The van der Waals surface area contributed by atoms with Crippen molar-refractivity contribution in [2.24, 2.45) is 0 Å². The molecule has 7 heteroatoms. The Morgan fingerprint density at radius 3 is 2.57 bits per heavy atom. The number of nitrogens with zero attached hydrogens (tertiary/aromatic N) is 4. The topological polar surface area (TPSA) is 52.8 Å². The maximum absolute atomic E-state index is 5.22. The number of thioether (sulfide) groups is 1. The minimum absolute atomic E-state index is 0.763. The average Bonchev–Trinajstić information content (AvgIpc) is 3.35. The summed E-state index contributed by atoms with van der Waals surface area (Å²) >= 11 is 3.32. The molecule has 0 spiro atoms. The zero-order valence-corrected chi connectivity index (χ0v) is 17.3. The highest BCUT2D eigenvalue weighted by Gasteiger charge is 2.12. The van der Waals surface area contributed by atoms with Gasteiger partial charge in [-0.2, -0.15) is 0 Å². The smallest absolute Gasteiger partial charge is 0.191 e. The van der Waals surface area contributed by atoms with Gasteiger partial charge in [0.25, 0.3) is 0 Å². The van der Waals surface area contributed by atoms with Gasteiger partial charge in [-0.15, -0.1) is 21.5 Å². The Morgan fingerprint density at radius 1 is 1.04 bits per heavy atom. The van der Waals surface area contributed by atoms with E-state index in [2.05, 4.69) is 44.4 Å². The van der Waals surface area contributed by atoms with Crippen LogP contribution in [0.1, 0.15) is 17.1 Å². The van der Waals surface area contributed by atoms with E-state index in [9.17, 15) is 0 Å². The Kier molecular flexibility index (Phi) is 5.73. The monoisotopic (exact) mass is 408 g/mol. The molecule has 2 aromatic carbocycles. The number of ether oxygens (including phenoxy) is 1. The van der Waals surface area contributed by atoms with Gasteiger partial charge in [0.05, 0.1) is 19.3 Å². The third-order valence-electron chi connectivity index (χ3n) is 4.32. The van der Waals surface area contributed by atoms with Gasteiger partial charge in [-0.1, -0.05) is 42.1 Å². The van der Waals surface area contributed by atoms with Gasteiger partial charge in [0.15, 0.2) is 5.16 Å². The third kappa shape index (κ3) is 4.26. The molecule has 4 rings (SSSR count). The van der Waals surface area contributed by atoms with Gasteiger partial charge in [-0.25, -0.2) is 4.98 Å². The molecule has 0 aliphatic rings. The number of hydrogen-bond donors (Lipinski definition) is 0. The Labute approximate surface area is 172 Å². The standard InChI is InChI=1S/C21H20N4OS2/c1-15-23-24-21(25(15)12-16-6-4-3-5-7-16)28-14-18-13-27-20(22-18)17-8-10-19(26-2)11-9-17/h3-11,13H,12,14H2,1-2H3. The molecule has 0 aliphatic carbocycles. The molecule has 142 valence electrons. The summed E-state index contributed by atoms with van der Waals surface area (Å²) in [6, 6.07) is 18.4. The highest BCUT2D eigenvalue weighted by Crippen LogP contribution is 2.29. The number of benzene rings is 2. The normalized spacial score (nSPS) is 10.9. The van der Waals surface area contributed by atoms with Crippen LogP contribution >= 0.6 is 23.1 Å². The van der Waals surface area contributed by atoms with Crippen LogP contribution in [0.3, 0.4) is 0 Å². The van der Waals surface area contributed by atoms with Crippen LogP contribution in [0, 0.1) is 6.92 Å². The Balaban J connectivity index is 1.44. The number of methoxy groups -OCH3 is 1. The first-order chi connectivity index (χ1) is 13.7. The van der Waals surface area contributed by atoms with Crippen molar-refractivity contribution in [1.82, 2.24) is 19.7 Å². The molecule has 0 saturated heterocycles. The van der Waals surface area contributed by atoms with Gasteiger partial charge in [0.1, 0.15) is 16.6 Å². The lowest BCUT2D eigenvalue weighted by Gasteiger charge is -2.08. The molecule has 4 aromatic rings. The molecule has 0 amide bonds. The molecule has 0 atom stereocenters. The van der Waals surface area contributed by atoms with Gasteiger partial charge >= 0.3 is 0 Å². The Bertz CT molecular complexity index is 1040. The van der Waals surface area contributed by atoms with Gasteiger partial charge < -0.3 is 9.30 Å². The van der Waals surface area contributed by atoms with Crippen LogP contribution in [-0.2, 0) is 12.3 Å². The summed E-state index contributed by atoms with van der Waals surface area (Å²) in [6.07, 6.45) is 0. The van der Waals surface area contributed by atoms with Crippen LogP contribution in [0.4, 0.5) is 0 Å². The molecule has 0 aliphatic heterocycles. The zero-order valence-electron chi connectivity index (χ0n) is 15.7. The van der Waals surface area contributed by atoms with E-state index in [0.717, 1.165) is 45.3 Å². The Morgan fingerprint density at radius 2 is 1.82 bits per heavy atom. The molecular formula is C21H20N4OS2. The van der Waals surface area contributed by atoms with E-state index >= 15 is 0 Å². The van der Waals surface area contributed by atoms with Crippen molar-refractivity contribution in [2.45, 2.75) is 24.4 Å². The summed E-state index contributed by atoms with van der Waals surface area (Å²) in [6.45, 7) is 2.76. The van der Waals surface area contributed by atoms with Crippen molar-refractivity contribution >= 4 is 23.1 Å². The van der Waals surface area contributed by atoms with E-state index in [1.54, 1.807) is 30.2 Å². The van der Waals surface area contributed by atoms with Gasteiger partial charge in [-0.05, 0) is 36.8 Å². The molecule has 0 fully saturated rings. The van der Waals surface area contributed by atoms with E-state index < -0.39 is 0 Å². The molecule has 0 saturated carbocycles. The Hall–Kier alpha value is -2.64. The maximum atomic E-state index is 5.22. The summed E-state index contributed by atoms with van der Waals surface area (Å²) in [5.74, 6) is 2.53. The molecule has 2 aromatic heterocycles. The second-order valence-electron chi connectivity index (χ2n) is 6.26. The SMILES string of the molecule is COc1ccc(-c2nc(CSc3nnc(C)n3Cc3ccccc3)cs2)cc1. The summed E-state index contributed by atoms with van der Waals surface area (Å²) in [5.41, 5.74) is 3.39. The zero-order chi connectivity index (χ0) is 19.3. The molecule has 2 heterocycles. The first-order valence-electron chi connectivity index (χ1n) is 8.88. The molecule has 5 nitrogen and oxygen atoms in total. The van der Waals surface area contributed by atoms with Crippen molar-refractivity contribution in [3.8, 4) is 16.3 Å². The van der Waals surface area contributed by atoms with Crippen molar-refractivity contribution < 1.29 is 4.74 Å². The maximum Gasteiger partial charge on any atom is 0.191 e. The van der Waals surface area contributed by atoms with E-state index in [-0.39, 0.29) is 0 Å². The van der Waals surface area contributed by atoms with E-state index in [1.165, 1.54) is 5.56 Å². The van der Waals surface area contributed by atoms with E-state index in [0.29, 0.717) is 0 Å². The quantitative estimate of drug-likeness (QED) is 0.400. The first-order valence-corrected chi connectivity index (χ1v) is 10.7. The number of aromatic nitrogens is 4. The predicted octanol–water partition coefficient (Wildman–Crippen LogP) is 5.06. The van der Waals surface area contributed by atoms with Crippen LogP contribution in [0.5, 0.6) is 5.75 Å². The largest absolute Gasteiger partial charge is 0.497 e. The van der Waals surface area contributed by atoms with Gasteiger partial charge in [0, 0.05) is 16.7 Å². The average molecular weight is 409 g/mol. The molecule has 0 unspecified atom stereocenters. The molecule has 0 bridgehead atoms. The minimum Gasteiger partial charge on any atom is -0.497 e. The molecule has 0 N–H and O–H groups in total. The van der Waals surface area contributed by atoms with Crippen LogP contribution in [0.25, 0.3) is 10.6 Å². The summed E-state index contributed by atoms with van der Waals surface area (Å²) in [7, 11) is 1.67. The van der Waals surface area contributed by atoms with Crippen LogP contribution in [-0.4, -0.2) is 26.9 Å². The first kappa shape index (κ1) is 18.7. The number of rotatable bonds is 7. The number of thiazole rings is 1. The highest BCUT2D eigenvalue weighted by molar-refractivity contribution is 7.98. The van der Waals surface area contributed by atoms with Crippen molar-refractivity contribution in [1.29, 1.82) is 0 Å². The van der Waals surface area contributed by atoms with Crippen molar-refractivity contribution in [3.63, 3.8) is 0 Å². The summed E-state index contributed by atoms with van der Waals surface area (Å²) < 4.78 is 7.37. The van der Waals surface area contributed by atoms with Gasteiger partial charge in [0.2, 0.25) is 0 Å². The predicted molar refractivity (Wildman–Crippen MR) is 114 cm³/mol. The fourth-order valence-corrected chi connectivity index (χ4v) is 4.60. The van der Waals surface area contributed by atoms with Crippen molar-refractivity contribution in [3.05, 3.63) is 77.1 Å². The second kappa shape index (κ2) is 8.58. The van der Waals surface area contributed by atoms with E-state index in [1.807, 2.05) is 37.3 Å². The lowest BCUT2D eigenvalue weighted by atomic mass is 10.2. The van der Waals surface area contributed by atoms with Crippen LogP contribution in [0.2, 0.25) is 0 Å². The number of hydrogen-bond acceptors (Lipinski definition) is 6. The fraction of sp³-hybridized carbons (Fsp3) is 0.190. The van der Waals surface area contributed by atoms with Crippen LogP contribution in [0.15, 0.2) is 65.1 Å². The third-order valence-corrected chi connectivity index (χ3v) is 6.26. The molecular weight excluding hydrogens is 388 g/mol. The lowest BCUT2D eigenvalue weighted by molar-refractivity contribution is 0.415. The minimum atomic E-state index is 0.763. The van der Waals surface area contributed by atoms with Gasteiger partial charge in [-0.3, -0.25) is 0 Å². The number of aryl methyl sites for hydroxylation is 1. The lowest BCUT2D eigenvalue weighted by Crippen LogP contribution is -2.03. The van der Waals surface area contributed by atoms with Crippen LogP contribution < -0.4 is 4.74 Å². The summed E-state index contributed by atoms with van der Waals surface area (Å²) in [4.78, 5) is 4.77. The second-order valence-corrected chi connectivity index (χ2v) is 8.06.